The van der Waals surface area contributed by atoms with Gasteiger partial charge in [0.05, 0.1) is 0 Å². The highest BCUT2D eigenvalue weighted by molar-refractivity contribution is 6.15. The van der Waals surface area contributed by atoms with Gasteiger partial charge in [0.15, 0.2) is 0 Å². The molecule has 0 aliphatic heterocycles. The lowest BCUT2D eigenvalue weighted by Crippen LogP contribution is -2.40. The second-order valence-corrected chi connectivity index (χ2v) is 5.36. The van der Waals surface area contributed by atoms with Gasteiger partial charge in [-0.25, -0.2) is 14.7 Å². The Bertz CT molecular complexity index is 687. The van der Waals surface area contributed by atoms with E-state index in [0.29, 0.717) is 14.7 Å². The molecule has 1 rings (SSSR count). The first-order chi connectivity index (χ1) is 12.4. The van der Waals surface area contributed by atoms with Gasteiger partial charge in [0, 0.05) is 41.5 Å². The Kier molecular flexibility index (Phi) is 6.53. The van der Waals surface area contributed by atoms with E-state index in [4.69, 9.17) is 0 Å². The van der Waals surface area contributed by atoms with Gasteiger partial charge < -0.3 is 0 Å². The third-order valence-corrected chi connectivity index (χ3v) is 3.09. The van der Waals surface area contributed by atoms with Crippen molar-refractivity contribution in [2.24, 2.45) is 0 Å². The number of imide groups is 3. The van der Waals surface area contributed by atoms with Crippen LogP contribution in [0.3, 0.4) is 0 Å². The molecule has 0 spiro atoms. The summed E-state index contributed by atoms with van der Waals surface area (Å²) in [5.74, 6) is -6.22. The molecule has 0 saturated carbocycles. The van der Waals surface area contributed by atoms with Crippen LogP contribution in [-0.4, -0.2) is 50.4 Å². The van der Waals surface area contributed by atoms with Crippen molar-refractivity contribution in [3.05, 3.63) is 0 Å². The lowest BCUT2D eigenvalue weighted by atomic mass is 10.4. The van der Waals surface area contributed by atoms with Crippen LogP contribution in [0.15, 0.2) is 0 Å². The van der Waals surface area contributed by atoms with Crippen LogP contribution < -0.4 is 14.7 Å². The Morgan fingerprint density at radius 2 is 0.593 bits per heavy atom. The minimum absolute atomic E-state index is 0.546. The number of aromatic nitrogens is 3. The summed E-state index contributed by atoms with van der Waals surface area (Å²) in [5, 5.41) is 0. The maximum atomic E-state index is 11.8. The van der Waals surface area contributed by atoms with Crippen LogP contribution in [0.5, 0.6) is 0 Å². The molecule has 0 aliphatic rings. The molecule has 144 valence electrons. The highest BCUT2D eigenvalue weighted by Gasteiger charge is 2.29. The first-order valence-electron chi connectivity index (χ1n) is 7.58. The first kappa shape index (κ1) is 21.5. The molecule has 0 N–H and O–H groups in total. The van der Waals surface area contributed by atoms with Crippen LogP contribution in [0.2, 0.25) is 0 Å². The van der Waals surface area contributed by atoms with Crippen LogP contribution in [-0.2, 0) is 28.8 Å². The predicted molar refractivity (Wildman–Crippen MR) is 91.4 cm³/mol. The van der Waals surface area contributed by atoms with E-state index >= 15 is 0 Å². The van der Waals surface area contributed by atoms with Crippen molar-refractivity contribution in [2.45, 2.75) is 41.5 Å². The maximum absolute atomic E-state index is 11.8. The average molecular weight is 378 g/mol. The van der Waals surface area contributed by atoms with Crippen LogP contribution in [0.1, 0.15) is 41.5 Å². The van der Waals surface area contributed by atoms with Gasteiger partial charge in [0.1, 0.15) is 0 Å². The summed E-state index contributed by atoms with van der Waals surface area (Å²) < 4.78 is 0. The largest absolute Gasteiger partial charge is 0.274 e. The van der Waals surface area contributed by atoms with Crippen LogP contribution in [0.25, 0.3) is 0 Å². The maximum Gasteiger partial charge on any atom is 0.245 e. The van der Waals surface area contributed by atoms with Crippen molar-refractivity contribution in [2.75, 3.05) is 14.7 Å². The third-order valence-electron chi connectivity index (χ3n) is 3.09. The Balaban J connectivity index is 3.84. The van der Waals surface area contributed by atoms with Gasteiger partial charge in [-0.2, -0.15) is 15.0 Å². The van der Waals surface area contributed by atoms with E-state index in [9.17, 15) is 28.8 Å². The van der Waals surface area contributed by atoms with Gasteiger partial charge in [0.2, 0.25) is 53.3 Å². The van der Waals surface area contributed by atoms with E-state index in [1.54, 1.807) is 0 Å². The molecule has 0 radical (unpaired) electrons. The van der Waals surface area contributed by atoms with Crippen LogP contribution >= 0.6 is 0 Å². The van der Waals surface area contributed by atoms with Crippen molar-refractivity contribution in [1.29, 1.82) is 0 Å². The van der Waals surface area contributed by atoms with Crippen molar-refractivity contribution in [1.82, 2.24) is 15.0 Å². The summed E-state index contributed by atoms with van der Waals surface area (Å²) in [6.45, 7) is 6.37. The van der Waals surface area contributed by atoms with E-state index in [2.05, 4.69) is 15.0 Å². The molecular weight excluding hydrogens is 360 g/mol. The smallest absolute Gasteiger partial charge is 0.245 e. The topological polar surface area (TPSA) is 151 Å². The summed E-state index contributed by atoms with van der Waals surface area (Å²) in [6, 6.07) is 0. The van der Waals surface area contributed by atoms with Gasteiger partial charge in [-0.3, -0.25) is 28.8 Å². The van der Waals surface area contributed by atoms with E-state index in [-0.39, 0.29) is 0 Å². The number of carbonyl (C=O) groups excluding carboxylic acids is 6. The van der Waals surface area contributed by atoms with E-state index in [1.807, 2.05) is 0 Å². The quantitative estimate of drug-likeness (QED) is 0.682. The molecule has 0 aromatic carbocycles. The Labute approximate surface area is 154 Å². The molecule has 6 amide bonds. The summed E-state index contributed by atoms with van der Waals surface area (Å²) >= 11 is 0. The SMILES string of the molecule is CC(=O)N(C(C)=O)c1nc(N(C(C)=O)C(C)=O)nc(N(C(C)=O)C(C)=O)n1. The average Bonchev–Trinajstić information content (AvgIpc) is 2.44. The molecule has 0 saturated heterocycles. The van der Waals surface area contributed by atoms with Gasteiger partial charge in [-0.05, 0) is 0 Å². The number of nitrogens with zero attached hydrogens (tertiary/aromatic N) is 6. The molecular formula is C15H18N6O6. The Hall–Kier alpha value is -3.57. The summed E-state index contributed by atoms with van der Waals surface area (Å²) in [6.07, 6.45) is 0. The third kappa shape index (κ3) is 4.74. The van der Waals surface area contributed by atoms with Crippen molar-refractivity contribution in [3.63, 3.8) is 0 Å². The van der Waals surface area contributed by atoms with Crippen molar-refractivity contribution < 1.29 is 28.8 Å². The first-order valence-corrected chi connectivity index (χ1v) is 7.58. The van der Waals surface area contributed by atoms with Gasteiger partial charge in [-0.15, -0.1) is 0 Å². The zero-order valence-electron chi connectivity index (χ0n) is 15.6. The van der Waals surface area contributed by atoms with Gasteiger partial charge >= 0.3 is 0 Å². The minimum atomic E-state index is -0.764. The van der Waals surface area contributed by atoms with Crippen LogP contribution in [0, 0.1) is 0 Å². The fourth-order valence-electron chi connectivity index (χ4n) is 2.15. The molecule has 1 heterocycles. The summed E-state index contributed by atoms with van der Waals surface area (Å²) in [5.41, 5.74) is 0. The number of amides is 6. The molecule has 0 unspecified atom stereocenters. The number of carbonyl (C=O) groups is 6. The van der Waals surface area contributed by atoms with Gasteiger partial charge in [0.25, 0.3) is 0 Å². The normalized spacial score (nSPS) is 10.0. The molecule has 0 atom stereocenters. The monoisotopic (exact) mass is 378 g/mol. The fourth-order valence-corrected chi connectivity index (χ4v) is 2.15. The van der Waals surface area contributed by atoms with Crippen LogP contribution in [0.4, 0.5) is 17.8 Å². The second kappa shape index (κ2) is 8.21. The molecule has 27 heavy (non-hydrogen) atoms. The lowest BCUT2D eigenvalue weighted by Gasteiger charge is -2.22. The highest BCUT2D eigenvalue weighted by Crippen LogP contribution is 2.20. The summed E-state index contributed by atoms with van der Waals surface area (Å²) in [7, 11) is 0. The fraction of sp³-hybridized carbons (Fsp3) is 0.400. The minimum Gasteiger partial charge on any atom is -0.274 e. The van der Waals surface area contributed by atoms with Gasteiger partial charge in [-0.1, -0.05) is 0 Å². The standard InChI is InChI=1S/C15H18N6O6/c1-7(22)19(8(2)23)13-16-14(20(9(3)24)10(4)25)18-15(17-13)21(11(5)26)12(6)27/h1-6H3. The molecule has 1 aromatic heterocycles. The second-order valence-electron chi connectivity index (χ2n) is 5.36. The van der Waals surface area contributed by atoms with E-state index in [1.165, 1.54) is 0 Å². The highest BCUT2D eigenvalue weighted by atomic mass is 16.2. The van der Waals surface area contributed by atoms with E-state index in [0.717, 1.165) is 41.5 Å². The number of hydrogen-bond acceptors (Lipinski definition) is 9. The molecule has 0 fully saturated rings. The van der Waals surface area contributed by atoms with Crippen molar-refractivity contribution >= 4 is 53.3 Å². The predicted octanol–water partition coefficient (Wildman–Crippen LogP) is -0.430. The number of hydrogen-bond donors (Lipinski definition) is 0. The molecule has 12 nitrogen and oxygen atoms in total. The summed E-state index contributed by atoms with van der Waals surface area (Å²) in [4.78, 5) is 83.9. The Morgan fingerprint density at radius 1 is 0.444 bits per heavy atom. The zero-order chi connectivity index (χ0) is 21.0. The number of rotatable bonds is 3. The molecule has 0 aliphatic carbocycles. The number of anilines is 3. The lowest BCUT2D eigenvalue weighted by molar-refractivity contribution is -0.125. The molecule has 1 aromatic rings. The Morgan fingerprint density at radius 3 is 0.704 bits per heavy atom. The molecule has 12 heteroatoms. The van der Waals surface area contributed by atoms with E-state index < -0.39 is 53.3 Å². The zero-order valence-corrected chi connectivity index (χ0v) is 15.6. The molecule has 0 bridgehead atoms. The van der Waals surface area contributed by atoms with Crippen molar-refractivity contribution in [3.8, 4) is 0 Å².